The van der Waals surface area contributed by atoms with E-state index >= 15 is 0 Å². The number of fused-ring (bicyclic) bond motifs is 2. The molecule has 24 heavy (non-hydrogen) atoms. The van der Waals surface area contributed by atoms with Crippen molar-refractivity contribution in [2.75, 3.05) is 20.6 Å². The van der Waals surface area contributed by atoms with Crippen LogP contribution in [0.4, 0.5) is 0 Å². The number of carbonyl (C=O) groups is 1. The molecule has 3 heteroatoms. The quantitative estimate of drug-likeness (QED) is 0.602. The Morgan fingerprint density at radius 2 is 1.88 bits per heavy atom. The fourth-order valence-corrected chi connectivity index (χ4v) is 4.99. The van der Waals surface area contributed by atoms with Gasteiger partial charge in [0.15, 0.2) is 6.54 Å². The first kappa shape index (κ1) is 17.5. The molecular formula is C21H32NO2+. The Morgan fingerprint density at radius 3 is 2.42 bits per heavy atom. The second-order valence-electron chi connectivity index (χ2n) is 9.33. The number of hydrogen-bond donors (Lipinski definition) is 0. The van der Waals surface area contributed by atoms with Gasteiger partial charge in [-0.2, -0.15) is 0 Å². The molecule has 2 fully saturated rings. The molecule has 0 amide bonds. The zero-order chi connectivity index (χ0) is 17.6. The first-order chi connectivity index (χ1) is 11.1. The smallest absolute Gasteiger partial charge is 0.362 e. The van der Waals surface area contributed by atoms with Crippen molar-refractivity contribution in [3.63, 3.8) is 0 Å². The molecular weight excluding hydrogens is 298 g/mol. The summed E-state index contributed by atoms with van der Waals surface area (Å²) < 4.78 is 6.63. The third-order valence-electron chi connectivity index (χ3n) is 7.00. The minimum absolute atomic E-state index is 0.0505. The Labute approximate surface area is 146 Å². The molecule has 1 aromatic rings. The molecule has 2 aliphatic carbocycles. The van der Waals surface area contributed by atoms with E-state index in [1.165, 1.54) is 18.4 Å². The maximum Gasteiger partial charge on any atom is 0.362 e. The van der Waals surface area contributed by atoms with E-state index in [1.54, 1.807) is 0 Å². The van der Waals surface area contributed by atoms with Crippen LogP contribution in [0.5, 0.6) is 0 Å². The number of esters is 1. The number of nitrogens with zero attached hydrogens (tertiary/aromatic N) is 1. The van der Waals surface area contributed by atoms with Crippen molar-refractivity contribution in [3.05, 3.63) is 35.9 Å². The molecule has 3 atom stereocenters. The monoisotopic (exact) mass is 330 g/mol. The van der Waals surface area contributed by atoms with E-state index < -0.39 is 0 Å². The minimum atomic E-state index is -0.0505. The summed E-state index contributed by atoms with van der Waals surface area (Å²) in [6.45, 7) is 8.29. The molecule has 2 aliphatic rings. The van der Waals surface area contributed by atoms with Crippen molar-refractivity contribution in [3.8, 4) is 0 Å². The summed E-state index contributed by atoms with van der Waals surface area (Å²) in [7, 11) is 4.20. The average Bonchev–Trinajstić information content (AvgIpc) is 2.80. The van der Waals surface area contributed by atoms with Crippen molar-refractivity contribution >= 4 is 5.97 Å². The Morgan fingerprint density at radius 1 is 1.21 bits per heavy atom. The van der Waals surface area contributed by atoms with Gasteiger partial charge in [0.25, 0.3) is 0 Å². The normalized spacial score (nSPS) is 31.2. The van der Waals surface area contributed by atoms with Crippen molar-refractivity contribution in [2.45, 2.75) is 52.7 Å². The van der Waals surface area contributed by atoms with Crippen LogP contribution in [0.25, 0.3) is 0 Å². The fourth-order valence-electron chi connectivity index (χ4n) is 4.99. The molecule has 2 bridgehead atoms. The van der Waals surface area contributed by atoms with Gasteiger partial charge in [0.05, 0.1) is 14.1 Å². The van der Waals surface area contributed by atoms with Gasteiger partial charge in [-0.15, -0.1) is 0 Å². The lowest BCUT2D eigenvalue weighted by atomic mass is 9.70. The number of likely N-dealkylation sites (N-methyl/N-ethyl adjacent to an activating group) is 1. The van der Waals surface area contributed by atoms with Crippen LogP contribution in [0.15, 0.2) is 30.3 Å². The SMILES string of the molecule is CC1(C)C2CCC1(C)C(OC(=O)C[N+](C)(C)Cc1ccccc1)C2. The van der Waals surface area contributed by atoms with Crippen LogP contribution in [0.1, 0.15) is 45.6 Å². The van der Waals surface area contributed by atoms with Crippen LogP contribution in [0, 0.1) is 16.7 Å². The summed E-state index contributed by atoms with van der Waals surface area (Å²) in [5, 5.41) is 0. The molecule has 3 unspecified atom stereocenters. The van der Waals surface area contributed by atoms with Crippen molar-refractivity contribution in [1.29, 1.82) is 0 Å². The third kappa shape index (κ3) is 2.99. The predicted molar refractivity (Wildman–Crippen MR) is 96.2 cm³/mol. The van der Waals surface area contributed by atoms with Gasteiger partial charge in [-0.25, -0.2) is 4.79 Å². The first-order valence-corrected chi connectivity index (χ1v) is 9.19. The standard InChI is InChI=1S/C21H32NO2/c1-20(2)17-11-12-21(20,3)18(13-17)24-19(23)15-22(4,5)14-16-9-7-6-8-10-16/h6-10,17-18H,11-15H2,1-5H3/q+1. The lowest BCUT2D eigenvalue weighted by Gasteiger charge is -2.39. The predicted octanol–water partition coefficient (Wildman–Crippen LogP) is 4.02. The van der Waals surface area contributed by atoms with E-state index in [4.69, 9.17) is 4.74 Å². The number of quaternary nitrogens is 1. The molecule has 0 aromatic heterocycles. The molecule has 0 radical (unpaired) electrons. The average molecular weight is 330 g/mol. The highest BCUT2D eigenvalue weighted by Crippen LogP contribution is 2.66. The fraction of sp³-hybridized carbons (Fsp3) is 0.667. The molecule has 0 saturated heterocycles. The van der Waals surface area contributed by atoms with E-state index in [9.17, 15) is 4.79 Å². The number of hydrogen-bond acceptors (Lipinski definition) is 2. The zero-order valence-electron chi connectivity index (χ0n) is 15.8. The van der Waals surface area contributed by atoms with Crippen LogP contribution in [0.3, 0.4) is 0 Å². The Bertz CT molecular complexity index is 608. The summed E-state index contributed by atoms with van der Waals surface area (Å²) >= 11 is 0. The summed E-state index contributed by atoms with van der Waals surface area (Å²) in [5.74, 6) is 0.651. The molecule has 0 spiro atoms. The summed E-state index contributed by atoms with van der Waals surface area (Å²) in [6.07, 6.45) is 3.61. The zero-order valence-corrected chi connectivity index (χ0v) is 15.8. The molecule has 2 saturated carbocycles. The van der Waals surface area contributed by atoms with Gasteiger partial charge < -0.3 is 9.22 Å². The number of rotatable bonds is 5. The molecule has 0 N–H and O–H groups in total. The maximum atomic E-state index is 12.6. The van der Waals surface area contributed by atoms with Gasteiger partial charge in [0, 0.05) is 11.0 Å². The molecule has 0 aliphatic heterocycles. The summed E-state index contributed by atoms with van der Waals surface area (Å²) in [4.78, 5) is 12.6. The Kier molecular flexibility index (Phi) is 4.28. The van der Waals surface area contributed by atoms with Crippen molar-refractivity contribution in [2.24, 2.45) is 16.7 Å². The highest BCUT2D eigenvalue weighted by molar-refractivity contribution is 5.71. The van der Waals surface area contributed by atoms with Crippen molar-refractivity contribution < 1.29 is 14.0 Å². The lowest BCUT2D eigenvalue weighted by Crippen LogP contribution is -2.46. The van der Waals surface area contributed by atoms with E-state index in [1.807, 2.05) is 18.2 Å². The number of benzene rings is 1. The minimum Gasteiger partial charge on any atom is -0.458 e. The largest absolute Gasteiger partial charge is 0.458 e. The van der Waals surface area contributed by atoms with Gasteiger partial charge in [-0.1, -0.05) is 51.1 Å². The Hall–Kier alpha value is -1.35. The lowest BCUT2D eigenvalue weighted by molar-refractivity contribution is -0.896. The van der Waals surface area contributed by atoms with Crippen LogP contribution in [-0.2, 0) is 16.1 Å². The van der Waals surface area contributed by atoms with E-state index in [0.29, 0.717) is 16.9 Å². The third-order valence-corrected chi connectivity index (χ3v) is 7.00. The Balaban J connectivity index is 1.60. The van der Waals surface area contributed by atoms with E-state index in [-0.39, 0.29) is 22.9 Å². The number of ether oxygens (including phenoxy) is 1. The topological polar surface area (TPSA) is 26.3 Å². The van der Waals surface area contributed by atoms with Crippen molar-refractivity contribution in [1.82, 2.24) is 0 Å². The first-order valence-electron chi connectivity index (χ1n) is 9.19. The molecule has 1 aromatic carbocycles. The molecule has 132 valence electrons. The highest BCUT2D eigenvalue weighted by atomic mass is 16.5. The summed E-state index contributed by atoms with van der Waals surface area (Å²) in [6, 6.07) is 10.3. The second-order valence-corrected chi connectivity index (χ2v) is 9.33. The van der Waals surface area contributed by atoms with Gasteiger partial charge in [0.2, 0.25) is 0 Å². The highest BCUT2D eigenvalue weighted by Gasteiger charge is 2.62. The van der Waals surface area contributed by atoms with Gasteiger partial charge >= 0.3 is 5.97 Å². The van der Waals surface area contributed by atoms with Crippen LogP contribution >= 0.6 is 0 Å². The van der Waals surface area contributed by atoms with Crippen LogP contribution in [0.2, 0.25) is 0 Å². The summed E-state index contributed by atoms with van der Waals surface area (Å²) in [5.41, 5.74) is 1.68. The second kappa shape index (κ2) is 5.87. The van der Waals surface area contributed by atoms with E-state index in [2.05, 4.69) is 47.0 Å². The molecule has 0 heterocycles. The maximum absolute atomic E-state index is 12.6. The van der Waals surface area contributed by atoms with E-state index in [0.717, 1.165) is 13.0 Å². The number of carbonyl (C=O) groups excluding carboxylic acids is 1. The van der Waals surface area contributed by atoms with Crippen LogP contribution < -0.4 is 0 Å². The van der Waals surface area contributed by atoms with Gasteiger partial charge in [0.1, 0.15) is 12.6 Å². The molecule has 3 rings (SSSR count). The van der Waals surface area contributed by atoms with Crippen LogP contribution in [-0.4, -0.2) is 37.2 Å². The van der Waals surface area contributed by atoms with Gasteiger partial charge in [-0.05, 0) is 30.6 Å². The molecule has 3 nitrogen and oxygen atoms in total. The van der Waals surface area contributed by atoms with Gasteiger partial charge in [-0.3, -0.25) is 0 Å².